The van der Waals surface area contributed by atoms with Crippen LogP contribution in [0.5, 0.6) is 11.5 Å². The molecule has 9 heteroatoms. The van der Waals surface area contributed by atoms with Crippen LogP contribution in [0.3, 0.4) is 0 Å². The standard InChI is InChI=1S/C26H30N6O3/c1-2-34-21-10-11-23-22(13-21)26(30-19(14-27)15-28)32-25(31-23)17-6-5-9-20(12-17)35-16-24(33)29-18-7-3-4-8-18/h5-6,9-15,18,27H,2-4,7-8,16,28H2,1H3,(H,29,33)(H,30,31,32)/b19-15+,27-14?. The van der Waals surface area contributed by atoms with E-state index in [1.807, 2.05) is 37.3 Å². The highest BCUT2D eigenvalue weighted by Gasteiger charge is 2.17. The van der Waals surface area contributed by atoms with Crippen molar-refractivity contribution in [3.8, 4) is 22.9 Å². The molecule has 1 aliphatic carbocycles. The second kappa shape index (κ2) is 11.3. The number of fused-ring (bicyclic) bond motifs is 1. The minimum absolute atomic E-state index is 0.0461. The molecule has 3 aromatic rings. The zero-order chi connectivity index (χ0) is 24.6. The van der Waals surface area contributed by atoms with Gasteiger partial charge in [0, 0.05) is 29.4 Å². The fraction of sp³-hybridized carbons (Fsp3) is 0.308. The van der Waals surface area contributed by atoms with Gasteiger partial charge in [0.1, 0.15) is 17.3 Å². The third-order valence-electron chi connectivity index (χ3n) is 5.76. The lowest BCUT2D eigenvalue weighted by Crippen LogP contribution is -2.36. The van der Waals surface area contributed by atoms with Crippen LogP contribution in [0.1, 0.15) is 32.6 Å². The molecule has 0 unspecified atom stereocenters. The van der Waals surface area contributed by atoms with E-state index < -0.39 is 0 Å². The average Bonchev–Trinajstić information content (AvgIpc) is 3.39. The molecule has 1 aromatic heterocycles. The molecule has 0 aliphatic heterocycles. The van der Waals surface area contributed by atoms with E-state index in [0.717, 1.165) is 42.8 Å². The fourth-order valence-corrected chi connectivity index (χ4v) is 4.06. The Hall–Kier alpha value is -4.14. The molecule has 0 radical (unpaired) electrons. The van der Waals surface area contributed by atoms with Crippen molar-refractivity contribution >= 4 is 28.8 Å². The van der Waals surface area contributed by atoms with Crippen molar-refractivity contribution in [2.24, 2.45) is 5.73 Å². The van der Waals surface area contributed by atoms with Crippen molar-refractivity contribution in [3.05, 3.63) is 54.4 Å². The lowest BCUT2D eigenvalue weighted by Gasteiger charge is -2.14. The first-order valence-corrected chi connectivity index (χ1v) is 11.8. The summed E-state index contributed by atoms with van der Waals surface area (Å²) in [7, 11) is 0. The number of hydrogen-bond donors (Lipinski definition) is 4. The molecule has 35 heavy (non-hydrogen) atoms. The van der Waals surface area contributed by atoms with E-state index >= 15 is 0 Å². The Labute approximate surface area is 204 Å². The number of nitrogens with zero attached hydrogens (tertiary/aromatic N) is 2. The number of aromatic nitrogens is 2. The third kappa shape index (κ3) is 6.06. The molecule has 0 atom stereocenters. The van der Waals surface area contributed by atoms with Crippen LogP contribution in [0.2, 0.25) is 0 Å². The first-order chi connectivity index (χ1) is 17.1. The number of carbonyl (C=O) groups is 1. The largest absolute Gasteiger partial charge is 0.494 e. The highest BCUT2D eigenvalue weighted by Crippen LogP contribution is 2.30. The summed E-state index contributed by atoms with van der Waals surface area (Å²) in [5.41, 5.74) is 7.46. The number of allylic oxidation sites excluding steroid dienone is 1. The van der Waals surface area contributed by atoms with Crippen LogP contribution in [-0.2, 0) is 4.79 Å². The van der Waals surface area contributed by atoms with Crippen LogP contribution in [0.25, 0.3) is 22.3 Å². The number of hydrogen-bond acceptors (Lipinski definition) is 8. The van der Waals surface area contributed by atoms with Crippen molar-refractivity contribution in [1.29, 1.82) is 5.41 Å². The highest BCUT2D eigenvalue weighted by atomic mass is 16.5. The normalized spacial score (nSPS) is 14.0. The Morgan fingerprint density at radius 3 is 2.69 bits per heavy atom. The first-order valence-electron chi connectivity index (χ1n) is 11.8. The van der Waals surface area contributed by atoms with Crippen molar-refractivity contribution in [2.75, 3.05) is 18.5 Å². The van der Waals surface area contributed by atoms with Gasteiger partial charge in [-0.25, -0.2) is 9.97 Å². The monoisotopic (exact) mass is 474 g/mol. The van der Waals surface area contributed by atoms with Crippen LogP contribution in [0.4, 0.5) is 5.82 Å². The van der Waals surface area contributed by atoms with E-state index in [0.29, 0.717) is 41.0 Å². The lowest BCUT2D eigenvalue weighted by molar-refractivity contribution is -0.123. The molecule has 182 valence electrons. The smallest absolute Gasteiger partial charge is 0.258 e. The third-order valence-corrected chi connectivity index (χ3v) is 5.76. The lowest BCUT2D eigenvalue weighted by atomic mass is 10.1. The molecule has 9 nitrogen and oxygen atoms in total. The number of amides is 1. The Kier molecular flexibility index (Phi) is 7.77. The van der Waals surface area contributed by atoms with Crippen molar-refractivity contribution in [3.63, 3.8) is 0 Å². The summed E-state index contributed by atoms with van der Waals surface area (Å²) in [4.78, 5) is 21.7. The summed E-state index contributed by atoms with van der Waals surface area (Å²) >= 11 is 0. The van der Waals surface area contributed by atoms with Gasteiger partial charge in [-0.05, 0) is 50.1 Å². The number of benzene rings is 2. The average molecular weight is 475 g/mol. The number of anilines is 1. The number of nitrogens with one attached hydrogen (secondary N) is 3. The van der Waals surface area contributed by atoms with E-state index in [4.69, 9.17) is 30.6 Å². The molecule has 0 saturated heterocycles. The van der Waals surface area contributed by atoms with Crippen LogP contribution in [0, 0.1) is 5.41 Å². The minimum atomic E-state index is -0.117. The summed E-state index contributed by atoms with van der Waals surface area (Å²) in [5, 5.41) is 14.4. The number of ether oxygens (including phenoxy) is 2. The van der Waals surface area contributed by atoms with Gasteiger partial charge >= 0.3 is 0 Å². The molecule has 1 amide bonds. The Bertz CT molecular complexity index is 1240. The topological polar surface area (TPSA) is 135 Å². The second-order valence-electron chi connectivity index (χ2n) is 8.26. The van der Waals surface area contributed by atoms with Crippen LogP contribution in [0.15, 0.2) is 54.4 Å². The van der Waals surface area contributed by atoms with Gasteiger partial charge in [-0.2, -0.15) is 0 Å². The highest BCUT2D eigenvalue weighted by molar-refractivity contribution is 5.94. The second-order valence-corrected chi connectivity index (χ2v) is 8.26. The molecule has 1 fully saturated rings. The van der Waals surface area contributed by atoms with Crippen LogP contribution in [-0.4, -0.2) is 41.3 Å². The predicted molar refractivity (Wildman–Crippen MR) is 137 cm³/mol. The van der Waals surface area contributed by atoms with Gasteiger partial charge < -0.3 is 31.3 Å². The Balaban J connectivity index is 1.60. The van der Waals surface area contributed by atoms with Crippen LogP contribution < -0.4 is 25.8 Å². The van der Waals surface area contributed by atoms with Gasteiger partial charge in [-0.1, -0.05) is 25.0 Å². The van der Waals surface area contributed by atoms with E-state index in [9.17, 15) is 4.79 Å². The SMILES string of the molecule is CCOc1ccc2nc(-c3cccc(OCC(=O)NC4CCCC4)c3)nc(N/C(C=N)=C/N)c2c1. The fourth-order valence-electron chi connectivity index (χ4n) is 4.06. The maximum absolute atomic E-state index is 12.2. The van der Waals surface area contributed by atoms with Crippen molar-refractivity contribution < 1.29 is 14.3 Å². The summed E-state index contributed by atoms with van der Waals surface area (Å²) < 4.78 is 11.4. The molecule has 4 rings (SSSR count). The Morgan fingerprint density at radius 1 is 1.14 bits per heavy atom. The van der Waals surface area contributed by atoms with Crippen molar-refractivity contribution in [1.82, 2.24) is 15.3 Å². The van der Waals surface area contributed by atoms with Gasteiger partial charge in [-0.3, -0.25) is 4.79 Å². The summed E-state index contributed by atoms with van der Waals surface area (Å²) in [6.45, 7) is 2.41. The van der Waals surface area contributed by atoms with Gasteiger partial charge in [0.2, 0.25) is 0 Å². The molecule has 2 aromatic carbocycles. The molecule has 0 spiro atoms. The number of nitrogens with two attached hydrogens (primary N) is 1. The molecule has 1 aliphatic rings. The maximum atomic E-state index is 12.2. The van der Waals surface area contributed by atoms with Gasteiger partial charge in [0.05, 0.1) is 17.8 Å². The molecule has 1 heterocycles. The maximum Gasteiger partial charge on any atom is 0.258 e. The summed E-state index contributed by atoms with van der Waals surface area (Å²) in [6.07, 6.45) is 6.80. The Morgan fingerprint density at radius 2 is 1.94 bits per heavy atom. The van der Waals surface area contributed by atoms with E-state index in [2.05, 4.69) is 10.6 Å². The molecular weight excluding hydrogens is 444 g/mol. The zero-order valence-electron chi connectivity index (χ0n) is 19.7. The quantitative estimate of drug-likeness (QED) is 0.326. The van der Waals surface area contributed by atoms with Crippen LogP contribution >= 0.6 is 0 Å². The van der Waals surface area contributed by atoms with Crippen molar-refractivity contribution in [2.45, 2.75) is 38.6 Å². The zero-order valence-corrected chi connectivity index (χ0v) is 19.7. The molecule has 1 saturated carbocycles. The number of carbonyl (C=O) groups excluding carboxylic acids is 1. The first kappa shape index (κ1) is 24.0. The van der Waals surface area contributed by atoms with E-state index in [1.54, 1.807) is 12.1 Å². The van der Waals surface area contributed by atoms with Gasteiger partial charge in [-0.15, -0.1) is 0 Å². The summed E-state index contributed by atoms with van der Waals surface area (Å²) in [6, 6.07) is 13.1. The molecular formula is C26H30N6O3. The number of rotatable bonds is 10. The minimum Gasteiger partial charge on any atom is -0.494 e. The van der Waals surface area contributed by atoms with E-state index in [1.165, 1.54) is 6.20 Å². The van der Waals surface area contributed by atoms with E-state index in [-0.39, 0.29) is 18.6 Å². The molecule has 5 N–H and O–H groups in total. The molecule has 0 bridgehead atoms. The van der Waals surface area contributed by atoms with Gasteiger partial charge in [0.25, 0.3) is 5.91 Å². The van der Waals surface area contributed by atoms with Gasteiger partial charge in [0.15, 0.2) is 12.4 Å². The summed E-state index contributed by atoms with van der Waals surface area (Å²) in [5.74, 6) is 2.09. The predicted octanol–water partition coefficient (Wildman–Crippen LogP) is 3.99.